The van der Waals surface area contributed by atoms with Gasteiger partial charge in [-0.1, -0.05) is 18.2 Å². The molecule has 0 fully saturated rings. The number of nitrogens with zero attached hydrogens (tertiary/aromatic N) is 2. The van der Waals surface area contributed by atoms with E-state index in [0.29, 0.717) is 12.8 Å². The van der Waals surface area contributed by atoms with Crippen LogP contribution in [0.5, 0.6) is 5.75 Å². The zero-order valence-corrected chi connectivity index (χ0v) is 11.2. The van der Waals surface area contributed by atoms with Crippen LogP contribution in [-0.4, -0.2) is 23.0 Å². The second-order valence-corrected chi connectivity index (χ2v) is 4.26. The van der Waals surface area contributed by atoms with Crippen LogP contribution in [0.15, 0.2) is 53.7 Å². The quantitative estimate of drug-likeness (QED) is 0.863. The highest BCUT2D eigenvalue weighted by atomic mass is 16.5. The number of aryl methyl sites for hydroxylation is 1. The molecule has 0 saturated heterocycles. The van der Waals surface area contributed by atoms with Crippen molar-refractivity contribution >= 4 is 5.91 Å². The molecule has 0 radical (unpaired) electrons. The van der Waals surface area contributed by atoms with Crippen LogP contribution in [0, 0.1) is 0 Å². The largest absolute Gasteiger partial charge is 0.497 e. The summed E-state index contributed by atoms with van der Waals surface area (Å²) in [6, 6.07) is 12.5. The molecule has 1 aromatic heterocycles. The first-order valence-corrected chi connectivity index (χ1v) is 6.26. The minimum Gasteiger partial charge on any atom is -0.497 e. The molecule has 0 bridgehead atoms. The third-order valence-electron chi connectivity index (χ3n) is 2.84. The minimum absolute atomic E-state index is 0.229. The first-order chi connectivity index (χ1) is 9.69. The predicted octanol–water partition coefficient (Wildman–Crippen LogP) is 1.79. The summed E-state index contributed by atoms with van der Waals surface area (Å²) in [4.78, 5) is 15.6. The highest BCUT2D eigenvalue weighted by Crippen LogP contribution is 2.12. The fraction of sp³-hybridized carbons (Fsp3) is 0.200. The molecule has 1 amide bonds. The van der Waals surface area contributed by atoms with E-state index in [1.165, 1.54) is 6.20 Å². The number of aromatic nitrogens is 1. The number of benzene rings is 1. The Morgan fingerprint density at radius 1 is 1.25 bits per heavy atom. The lowest BCUT2D eigenvalue weighted by molar-refractivity contribution is -0.118. The van der Waals surface area contributed by atoms with E-state index >= 15 is 0 Å². The Kier molecular flexibility index (Phi) is 4.55. The summed E-state index contributed by atoms with van der Waals surface area (Å²) < 4.78 is 5.90. The average Bonchev–Trinajstić information content (AvgIpc) is 2.48. The number of ether oxygens (including phenoxy) is 1. The number of methoxy groups -OCH3 is 1. The van der Waals surface area contributed by atoms with Crippen LogP contribution in [0.25, 0.3) is 0 Å². The molecule has 104 valence electrons. The van der Waals surface area contributed by atoms with Crippen LogP contribution in [0.3, 0.4) is 0 Å². The zero-order valence-electron chi connectivity index (χ0n) is 11.2. The maximum absolute atomic E-state index is 11.7. The normalized spacial score (nSPS) is 11.3. The molecule has 0 aliphatic heterocycles. The zero-order chi connectivity index (χ0) is 14.4. The molecule has 5 nitrogen and oxygen atoms in total. The van der Waals surface area contributed by atoms with E-state index in [9.17, 15) is 10.0 Å². The van der Waals surface area contributed by atoms with Gasteiger partial charge in [0, 0.05) is 12.6 Å². The number of amides is 1. The summed E-state index contributed by atoms with van der Waals surface area (Å²) in [5.74, 6) is 0.519. The van der Waals surface area contributed by atoms with Crippen molar-refractivity contribution in [3.8, 4) is 5.75 Å². The van der Waals surface area contributed by atoms with Crippen LogP contribution in [0.2, 0.25) is 0 Å². The van der Waals surface area contributed by atoms with Crippen LogP contribution < -0.4 is 10.2 Å². The van der Waals surface area contributed by atoms with Crippen molar-refractivity contribution in [2.24, 2.45) is 4.99 Å². The van der Waals surface area contributed by atoms with Gasteiger partial charge in [0.2, 0.25) is 5.91 Å². The second-order valence-electron chi connectivity index (χ2n) is 4.26. The Labute approximate surface area is 116 Å². The molecular weight excluding hydrogens is 256 g/mol. The van der Waals surface area contributed by atoms with Crippen LogP contribution in [0.1, 0.15) is 12.0 Å². The Morgan fingerprint density at radius 3 is 2.65 bits per heavy atom. The summed E-state index contributed by atoms with van der Waals surface area (Å²) in [5, 5.41) is 9.46. The number of hydrogen-bond donors (Lipinski definition) is 1. The molecule has 1 N–H and O–H groups in total. The first-order valence-electron chi connectivity index (χ1n) is 6.26. The number of rotatable bonds is 4. The van der Waals surface area contributed by atoms with Gasteiger partial charge in [0.05, 0.1) is 7.11 Å². The number of pyridine rings is 1. The molecule has 1 aromatic carbocycles. The summed E-state index contributed by atoms with van der Waals surface area (Å²) in [5.41, 5.74) is 1.27. The SMILES string of the molecule is COc1ccc(CCC(=O)N=c2ccccn2O)cc1. The Morgan fingerprint density at radius 2 is 2.00 bits per heavy atom. The smallest absolute Gasteiger partial charge is 0.248 e. The highest BCUT2D eigenvalue weighted by Gasteiger charge is 2.02. The molecule has 2 aromatic rings. The number of hydrogen-bond acceptors (Lipinski definition) is 3. The lowest BCUT2D eigenvalue weighted by Crippen LogP contribution is -2.19. The molecule has 0 aliphatic rings. The van der Waals surface area contributed by atoms with Gasteiger partial charge in [0.25, 0.3) is 0 Å². The van der Waals surface area contributed by atoms with Gasteiger partial charge in [0.1, 0.15) is 5.75 Å². The van der Waals surface area contributed by atoms with Gasteiger partial charge in [-0.2, -0.15) is 9.72 Å². The highest BCUT2D eigenvalue weighted by molar-refractivity contribution is 5.77. The lowest BCUT2D eigenvalue weighted by atomic mass is 10.1. The Bertz CT molecular complexity index is 645. The van der Waals surface area contributed by atoms with Gasteiger partial charge in [-0.25, -0.2) is 0 Å². The number of carbonyl (C=O) groups excluding carboxylic acids is 1. The maximum atomic E-state index is 11.7. The van der Waals surface area contributed by atoms with E-state index in [2.05, 4.69) is 4.99 Å². The van der Waals surface area contributed by atoms with Crippen molar-refractivity contribution in [1.82, 2.24) is 4.73 Å². The van der Waals surface area contributed by atoms with Crippen molar-refractivity contribution in [2.75, 3.05) is 7.11 Å². The molecule has 0 unspecified atom stereocenters. The van der Waals surface area contributed by atoms with E-state index in [1.807, 2.05) is 24.3 Å². The van der Waals surface area contributed by atoms with Gasteiger partial charge in [-0.15, -0.1) is 0 Å². The Balaban J connectivity index is 1.98. The summed E-state index contributed by atoms with van der Waals surface area (Å²) in [7, 11) is 1.61. The third kappa shape index (κ3) is 3.71. The molecule has 0 saturated carbocycles. The van der Waals surface area contributed by atoms with Gasteiger partial charge in [-0.3, -0.25) is 4.79 Å². The van der Waals surface area contributed by atoms with Crippen LogP contribution in [-0.2, 0) is 11.2 Å². The van der Waals surface area contributed by atoms with Crippen LogP contribution >= 0.6 is 0 Å². The van der Waals surface area contributed by atoms with Crippen LogP contribution in [0.4, 0.5) is 0 Å². The van der Waals surface area contributed by atoms with Crippen molar-refractivity contribution in [3.63, 3.8) is 0 Å². The number of carbonyl (C=O) groups is 1. The van der Waals surface area contributed by atoms with E-state index in [4.69, 9.17) is 4.74 Å². The Hall–Kier alpha value is -2.56. The molecule has 1 heterocycles. The van der Waals surface area contributed by atoms with Gasteiger partial charge in [-0.05, 0) is 36.2 Å². The van der Waals surface area contributed by atoms with Gasteiger partial charge >= 0.3 is 0 Å². The van der Waals surface area contributed by atoms with Gasteiger partial charge in [0.15, 0.2) is 5.49 Å². The topological polar surface area (TPSA) is 63.8 Å². The summed E-state index contributed by atoms with van der Waals surface area (Å²) >= 11 is 0. The maximum Gasteiger partial charge on any atom is 0.248 e. The monoisotopic (exact) mass is 272 g/mol. The minimum atomic E-state index is -0.269. The lowest BCUT2D eigenvalue weighted by Gasteiger charge is -2.02. The van der Waals surface area contributed by atoms with E-state index in [0.717, 1.165) is 16.0 Å². The fourth-order valence-corrected chi connectivity index (χ4v) is 1.74. The molecule has 5 heteroatoms. The fourth-order valence-electron chi connectivity index (χ4n) is 1.74. The molecule has 0 aliphatic carbocycles. The first kappa shape index (κ1) is 13.9. The van der Waals surface area contributed by atoms with E-state index in [-0.39, 0.29) is 11.4 Å². The molecule has 20 heavy (non-hydrogen) atoms. The van der Waals surface area contributed by atoms with Gasteiger partial charge < -0.3 is 9.94 Å². The molecular formula is C15H16N2O3. The van der Waals surface area contributed by atoms with Crippen molar-refractivity contribution < 1.29 is 14.7 Å². The summed E-state index contributed by atoms with van der Waals surface area (Å²) in [6.07, 6.45) is 2.32. The van der Waals surface area contributed by atoms with Crippen molar-refractivity contribution in [2.45, 2.75) is 12.8 Å². The van der Waals surface area contributed by atoms with Crippen molar-refractivity contribution in [3.05, 3.63) is 59.7 Å². The van der Waals surface area contributed by atoms with E-state index in [1.54, 1.807) is 25.3 Å². The third-order valence-corrected chi connectivity index (χ3v) is 2.84. The van der Waals surface area contributed by atoms with Crippen molar-refractivity contribution in [1.29, 1.82) is 0 Å². The predicted molar refractivity (Wildman–Crippen MR) is 73.5 cm³/mol. The molecule has 0 spiro atoms. The average molecular weight is 272 g/mol. The second kappa shape index (κ2) is 6.56. The van der Waals surface area contributed by atoms with E-state index < -0.39 is 0 Å². The molecule has 0 atom stereocenters. The summed E-state index contributed by atoms with van der Waals surface area (Å²) in [6.45, 7) is 0. The standard InChI is InChI=1S/C15H16N2O3/c1-20-13-8-5-12(6-9-13)7-10-15(18)16-14-4-2-3-11-17(14)19/h2-6,8-9,11,19H,7,10H2,1H3. The molecule has 2 rings (SSSR count).